The number of piperazine rings is 1. The van der Waals surface area contributed by atoms with Gasteiger partial charge in [-0.25, -0.2) is 9.97 Å². The number of aromatic nitrogens is 4. The highest BCUT2D eigenvalue weighted by Crippen LogP contribution is 2.30. The largest absolute Gasteiger partial charge is 0.358 e. The monoisotopic (exact) mass is 490 g/mol. The number of halogens is 1. The van der Waals surface area contributed by atoms with Crippen molar-refractivity contribution in [2.24, 2.45) is 0 Å². The fourth-order valence-electron chi connectivity index (χ4n) is 4.43. The molecule has 0 spiro atoms. The summed E-state index contributed by atoms with van der Waals surface area (Å²) in [4.78, 5) is 57.4. The van der Waals surface area contributed by atoms with Gasteiger partial charge in [0.15, 0.2) is 0 Å². The highest BCUT2D eigenvalue weighted by molar-refractivity contribution is 6.45. The molecule has 10 heteroatoms. The lowest BCUT2D eigenvalue weighted by molar-refractivity contribution is -0.130. The van der Waals surface area contributed by atoms with Crippen LogP contribution in [0.15, 0.2) is 48.8 Å². The Labute approximate surface area is 206 Å². The number of amides is 2. The summed E-state index contributed by atoms with van der Waals surface area (Å²) in [5, 5.41) is 0.184. The second-order valence-electron chi connectivity index (χ2n) is 8.63. The Morgan fingerprint density at radius 2 is 1.91 bits per heavy atom. The molecule has 1 saturated heterocycles. The van der Waals surface area contributed by atoms with Crippen molar-refractivity contribution < 1.29 is 14.4 Å². The Balaban J connectivity index is 1.37. The molecule has 1 aliphatic heterocycles. The van der Waals surface area contributed by atoms with Crippen molar-refractivity contribution in [1.82, 2.24) is 29.7 Å². The fraction of sp³-hybridized carbons (Fsp3) is 0.240. The number of nitrogens with one attached hydrogen (secondary N) is 2. The van der Waals surface area contributed by atoms with E-state index in [1.807, 2.05) is 32.0 Å². The van der Waals surface area contributed by atoms with E-state index in [0.717, 1.165) is 5.69 Å². The predicted octanol–water partition coefficient (Wildman–Crippen LogP) is 3.47. The van der Waals surface area contributed by atoms with E-state index < -0.39 is 11.7 Å². The van der Waals surface area contributed by atoms with E-state index in [4.69, 9.17) is 11.6 Å². The zero-order valence-electron chi connectivity index (χ0n) is 19.2. The van der Waals surface area contributed by atoms with Gasteiger partial charge in [0, 0.05) is 54.9 Å². The number of nitrogens with zero attached hydrogens (tertiary/aromatic N) is 4. The molecule has 1 atom stereocenters. The van der Waals surface area contributed by atoms with Crippen LogP contribution in [0, 0.1) is 6.92 Å². The average molecular weight is 491 g/mol. The lowest BCUT2D eigenvalue weighted by atomic mass is 10.1. The van der Waals surface area contributed by atoms with E-state index in [0.29, 0.717) is 41.1 Å². The van der Waals surface area contributed by atoms with Crippen LogP contribution in [-0.2, 0) is 4.79 Å². The minimum atomic E-state index is -0.678. The molecule has 4 aromatic rings. The highest BCUT2D eigenvalue weighted by atomic mass is 35.5. The number of benzene rings is 1. The van der Waals surface area contributed by atoms with Gasteiger partial charge in [0.1, 0.15) is 16.5 Å². The number of hydrogen-bond donors (Lipinski definition) is 2. The molecule has 0 saturated carbocycles. The number of Topliss-reactive ketones (excluding diaryl/α,β-unsaturated/α-hetero) is 1. The van der Waals surface area contributed by atoms with Gasteiger partial charge in [0.05, 0.1) is 11.1 Å². The van der Waals surface area contributed by atoms with E-state index in [1.54, 1.807) is 29.3 Å². The maximum Gasteiger partial charge on any atom is 0.295 e. The Kier molecular flexibility index (Phi) is 5.86. The van der Waals surface area contributed by atoms with Crippen LogP contribution in [0.2, 0.25) is 5.15 Å². The number of fused-ring (bicyclic) bond motifs is 1. The van der Waals surface area contributed by atoms with Gasteiger partial charge in [-0.15, -0.1) is 0 Å². The molecule has 0 radical (unpaired) electrons. The molecular weight excluding hydrogens is 468 g/mol. The number of pyridine rings is 1. The molecule has 3 aromatic heterocycles. The van der Waals surface area contributed by atoms with Crippen LogP contribution >= 0.6 is 11.6 Å². The lowest BCUT2D eigenvalue weighted by Crippen LogP contribution is -2.56. The number of aromatic amines is 2. The first-order valence-corrected chi connectivity index (χ1v) is 11.6. The molecule has 0 aliphatic carbocycles. The van der Waals surface area contributed by atoms with E-state index in [9.17, 15) is 14.4 Å². The van der Waals surface area contributed by atoms with Gasteiger partial charge in [-0.1, -0.05) is 29.8 Å². The molecule has 5 rings (SSSR count). The van der Waals surface area contributed by atoms with Crippen LogP contribution < -0.4 is 0 Å². The van der Waals surface area contributed by atoms with Gasteiger partial charge in [0.25, 0.3) is 17.6 Å². The normalized spacial score (nSPS) is 16.0. The molecule has 0 unspecified atom stereocenters. The first-order chi connectivity index (χ1) is 16.8. The molecule has 2 N–H and O–H groups in total. The van der Waals surface area contributed by atoms with Crippen molar-refractivity contribution in [3.05, 3.63) is 70.8 Å². The number of hydrogen-bond acceptors (Lipinski definition) is 5. The van der Waals surface area contributed by atoms with Gasteiger partial charge < -0.3 is 19.8 Å². The first kappa shape index (κ1) is 22.8. The zero-order valence-corrected chi connectivity index (χ0v) is 20.0. The standard InChI is InChI=1S/C25H23ClN6O3/c1-14-11-28-23(29-14)17-10-19(26)30-21-18(12-27-20(17)21)22(33)25(35)32-9-8-31(13-15(32)2)24(34)16-6-4-3-5-7-16/h3-7,10-12,15,27H,8-9,13H2,1-2H3,(H,28,29)/t15-/m1/s1. The molecule has 0 bridgehead atoms. The van der Waals surface area contributed by atoms with Gasteiger partial charge in [-0.3, -0.25) is 14.4 Å². The van der Waals surface area contributed by atoms with Crippen LogP contribution in [0.25, 0.3) is 22.4 Å². The fourth-order valence-corrected chi connectivity index (χ4v) is 4.62. The number of H-pyrrole nitrogens is 2. The molecule has 35 heavy (non-hydrogen) atoms. The summed E-state index contributed by atoms with van der Waals surface area (Å²) >= 11 is 6.25. The number of carbonyl (C=O) groups is 3. The molecule has 178 valence electrons. The Morgan fingerprint density at radius 1 is 1.14 bits per heavy atom. The third-order valence-corrected chi connectivity index (χ3v) is 6.39. The van der Waals surface area contributed by atoms with E-state index in [-0.39, 0.29) is 29.2 Å². The van der Waals surface area contributed by atoms with Gasteiger partial charge in [-0.2, -0.15) is 0 Å². The second kappa shape index (κ2) is 8.99. The first-order valence-electron chi connectivity index (χ1n) is 11.2. The summed E-state index contributed by atoms with van der Waals surface area (Å²) < 4.78 is 0. The minimum Gasteiger partial charge on any atom is -0.358 e. The smallest absolute Gasteiger partial charge is 0.295 e. The topological polar surface area (TPSA) is 115 Å². The number of rotatable bonds is 4. The average Bonchev–Trinajstić information content (AvgIpc) is 3.49. The minimum absolute atomic E-state index is 0.0907. The van der Waals surface area contributed by atoms with Gasteiger partial charge >= 0.3 is 0 Å². The summed E-state index contributed by atoms with van der Waals surface area (Å²) in [6.45, 7) is 4.66. The zero-order chi connectivity index (χ0) is 24.7. The van der Waals surface area contributed by atoms with Crippen LogP contribution in [0.5, 0.6) is 0 Å². The van der Waals surface area contributed by atoms with E-state index >= 15 is 0 Å². The molecule has 1 aliphatic rings. The number of imidazole rings is 1. The Hall–Kier alpha value is -3.98. The maximum atomic E-state index is 13.3. The highest BCUT2D eigenvalue weighted by Gasteiger charge is 2.34. The third-order valence-electron chi connectivity index (χ3n) is 6.20. The van der Waals surface area contributed by atoms with Crippen LogP contribution in [0.4, 0.5) is 0 Å². The van der Waals surface area contributed by atoms with Crippen LogP contribution in [0.3, 0.4) is 0 Å². The molecule has 1 fully saturated rings. The summed E-state index contributed by atoms with van der Waals surface area (Å²) in [6, 6.07) is 10.3. The van der Waals surface area contributed by atoms with Crippen LogP contribution in [-0.4, -0.2) is 73.0 Å². The lowest BCUT2D eigenvalue weighted by Gasteiger charge is -2.39. The molecule has 9 nitrogen and oxygen atoms in total. The third kappa shape index (κ3) is 4.19. The molecule has 4 heterocycles. The molecule has 1 aromatic carbocycles. The summed E-state index contributed by atoms with van der Waals surface area (Å²) in [6.07, 6.45) is 3.17. The summed E-state index contributed by atoms with van der Waals surface area (Å²) in [7, 11) is 0. The predicted molar refractivity (Wildman–Crippen MR) is 131 cm³/mol. The number of carbonyl (C=O) groups excluding carboxylic acids is 3. The van der Waals surface area contributed by atoms with Crippen molar-refractivity contribution in [2.75, 3.05) is 19.6 Å². The van der Waals surface area contributed by atoms with Crippen molar-refractivity contribution >= 4 is 40.2 Å². The second-order valence-corrected chi connectivity index (χ2v) is 9.01. The van der Waals surface area contributed by atoms with E-state index in [2.05, 4.69) is 19.9 Å². The Morgan fingerprint density at radius 3 is 2.60 bits per heavy atom. The molecule has 2 amide bonds. The summed E-state index contributed by atoms with van der Waals surface area (Å²) in [5.74, 6) is -0.825. The van der Waals surface area contributed by atoms with Crippen molar-refractivity contribution in [3.63, 3.8) is 0 Å². The van der Waals surface area contributed by atoms with Gasteiger partial charge in [0.2, 0.25) is 0 Å². The van der Waals surface area contributed by atoms with Crippen LogP contribution in [0.1, 0.15) is 33.3 Å². The Bertz CT molecular complexity index is 1440. The maximum absolute atomic E-state index is 13.3. The van der Waals surface area contributed by atoms with Crippen molar-refractivity contribution in [3.8, 4) is 11.4 Å². The number of ketones is 1. The summed E-state index contributed by atoms with van der Waals surface area (Å²) in [5.41, 5.74) is 3.14. The quantitative estimate of drug-likeness (QED) is 0.258. The molecular formula is C25H23ClN6O3. The van der Waals surface area contributed by atoms with E-state index in [1.165, 1.54) is 11.1 Å². The van der Waals surface area contributed by atoms with Gasteiger partial charge in [-0.05, 0) is 32.0 Å². The SMILES string of the molecule is Cc1cnc(-c2cc(Cl)nc3c(C(=O)C(=O)N4CCN(C(=O)c5ccccc5)C[C@H]4C)c[nH]c23)[nH]1. The van der Waals surface area contributed by atoms with Crippen molar-refractivity contribution in [1.29, 1.82) is 0 Å². The van der Waals surface area contributed by atoms with Crippen molar-refractivity contribution in [2.45, 2.75) is 19.9 Å². The number of aryl methyl sites for hydroxylation is 1.